The van der Waals surface area contributed by atoms with Crippen molar-refractivity contribution in [1.82, 2.24) is 0 Å². The molecule has 1 rings (SSSR count). The molecule has 0 aromatic rings. The van der Waals surface area contributed by atoms with Gasteiger partial charge < -0.3 is 9.84 Å². The Hall–Kier alpha value is -0.570. The first-order valence-corrected chi connectivity index (χ1v) is 6.14. The van der Waals surface area contributed by atoms with Crippen molar-refractivity contribution in [2.45, 2.75) is 59.0 Å². The Morgan fingerprint density at radius 1 is 1.44 bits per heavy atom. The van der Waals surface area contributed by atoms with Crippen LogP contribution in [0.4, 0.5) is 0 Å². The van der Waals surface area contributed by atoms with Crippen LogP contribution < -0.4 is 0 Å². The monoisotopic (exact) mass is 228 g/mol. The third-order valence-electron chi connectivity index (χ3n) is 3.22. The Bertz CT molecular complexity index is 260. The summed E-state index contributed by atoms with van der Waals surface area (Å²) in [5.41, 5.74) is -0.758. The van der Waals surface area contributed by atoms with E-state index in [-0.39, 0.29) is 17.8 Å². The van der Waals surface area contributed by atoms with Crippen LogP contribution in [0, 0.1) is 11.3 Å². The molecule has 0 radical (unpaired) electrons. The van der Waals surface area contributed by atoms with Gasteiger partial charge in [-0.3, -0.25) is 4.79 Å². The second-order valence-electron chi connectivity index (χ2n) is 6.06. The minimum absolute atomic E-state index is 0.110. The van der Waals surface area contributed by atoms with Crippen LogP contribution >= 0.6 is 0 Å². The lowest BCUT2D eigenvalue weighted by Crippen LogP contribution is -2.43. The second kappa shape index (κ2) is 4.74. The SMILES string of the molecule is CCOC(=O)CC1(O)CC(C)CC(C)(C)C1. The van der Waals surface area contributed by atoms with Gasteiger partial charge in [-0.25, -0.2) is 0 Å². The zero-order chi connectivity index (χ0) is 12.4. The van der Waals surface area contributed by atoms with E-state index < -0.39 is 5.60 Å². The van der Waals surface area contributed by atoms with Crippen molar-refractivity contribution >= 4 is 5.97 Å². The third kappa shape index (κ3) is 3.78. The molecule has 16 heavy (non-hydrogen) atoms. The average Bonchev–Trinajstić information content (AvgIpc) is 1.96. The molecular formula is C13H24O3. The van der Waals surface area contributed by atoms with Gasteiger partial charge in [0.25, 0.3) is 0 Å². The normalized spacial score (nSPS) is 33.4. The fourth-order valence-electron chi connectivity index (χ4n) is 3.31. The molecule has 1 aliphatic carbocycles. The predicted molar refractivity (Wildman–Crippen MR) is 63.0 cm³/mol. The van der Waals surface area contributed by atoms with Gasteiger partial charge in [0.2, 0.25) is 0 Å². The molecule has 1 N–H and O–H groups in total. The number of esters is 1. The van der Waals surface area contributed by atoms with Crippen LogP contribution in [0.15, 0.2) is 0 Å². The minimum Gasteiger partial charge on any atom is -0.466 e. The third-order valence-corrected chi connectivity index (χ3v) is 3.22. The van der Waals surface area contributed by atoms with Crippen LogP contribution in [-0.4, -0.2) is 23.3 Å². The van der Waals surface area contributed by atoms with Gasteiger partial charge in [-0.1, -0.05) is 20.8 Å². The van der Waals surface area contributed by atoms with Gasteiger partial charge >= 0.3 is 5.97 Å². The van der Waals surface area contributed by atoms with Gasteiger partial charge in [0, 0.05) is 0 Å². The molecule has 2 unspecified atom stereocenters. The number of hydrogen-bond donors (Lipinski definition) is 1. The Kier molecular flexibility index (Phi) is 4.00. The summed E-state index contributed by atoms with van der Waals surface area (Å²) in [6, 6.07) is 0. The van der Waals surface area contributed by atoms with Crippen LogP contribution in [-0.2, 0) is 9.53 Å². The first kappa shape index (κ1) is 13.5. The van der Waals surface area contributed by atoms with E-state index in [1.54, 1.807) is 6.92 Å². The molecule has 0 bridgehead atoms. The largest absolute Gasteiger partial charge is 0.466 e. The summed E-state index contributed by atoms with van der Waals surface area (Å²) in [5.74, 6) is 0.179. The predicted octanol–water partition coefficient (Wildman–Crippen LogP) is 2.52. The molecule has 0 saturated heterocycles. The Morgan fingerprint density at radius 2 is 2.06 bits per heavy atom. The van der Waals surface area contributed by atoms with Crippen LogP contribution in [0.5, 0.6) is 0 Å². The summed E-state index contributed by atoms with van der Waals surface area (Å²) in [4.78, 5) is 11.5. The van der Waals surface area contributed by atoms with Crippen LogP contribution in [0.25, 0.3) is 0 Å². The van der Waals surface area contributed by atoms with Crippen molar-refractivity contribution in [3.05, 3.63) is 0 Å². The molecule has 0 aromatic carbocycles. The van der Waals surface area contributed by atoms with E-state index in [2.05, 4.69) is 20.8 Å². The number of rotatable bonds is 3. The molecule has 94 valence electrons. The van der Waals surface area contributed by atoms with Crippen molar-refractivity contribution in [3.8, 4) is 0 Å². The number of carbonyl (C=O) groups excluding carboxylic acids is 1. The van der Waals surface area contributed by atoms with E-state index in [9.17, 15) is 9.90 Å². The summed E-state index contributed by atoms with van der Waals surface area (Å²) in [7, 11) is 0. The molecule has 3 nitrogen and oxygen atoms in total. The summed E-state index contributed by atoms with van der Waals surface area (Å²) in [5, 5.41) is 10.5. The van der Waals surface area contributed by atoms with Gasteiger partial charge in [-0.2, -0.15) is 0 Å². The molecule has 0 aliphatic heterocycles. The molecule has 0 amide bonds. The van der Waals surface area contributed by atoms with Crippen LogP contribution in [0.3, 0.4) is 0 Å². The highest BCUT2D eigenvalue weighted by Gasteiger charge is 2.42. The summed E-state index contributed by atoms with van der Waals surface area (Å²) < 4.78 is 4.91. The van der Waals surface area contributed by atoms with Gasteiger partial charge in [-0.05, 0) is 37.5 Å². The highest BCUT2D eigenvalue weighted by Crippen LogP contribution is 2.45. The highest BCUT2D eigenvalue weighted by molar-refractivity contribution is 5.70. The Labute approximate surface area is 98.2 Å². The topological polar surface area (TPSA) is 46.5 Å². The Morgan fingerprint density at radius 3 is 2.56 bits per heavy atom. The van der Waals surface area contributed by atoms with Crippen LogP contribution in [0.2, 0.25) is 0 Å². The van der Waals surface area contributed by atoms with E-state index in [0.29, 0.717) is 25.4 Å². The smallest absolute Gasteiger partial charge is 0.308 e. The quantitative estimate of drug-likeness (QED) is 0.755. The summed E-state index contributed by atoms with van der Waals surface area (Å²) in [6.07, 6.45) is 2.63. The van der Waals surface area contributed by atoms with E-state index >= 15 is 0 Å². The summed E-state index contributed by atoms with van der Waals surface area (Å²) in [6.45, 7) is 8.61. The van der Waals surface area contributed by atoms with Crippen LogP contribution in [0.1, 0.15) is 53.4 Å². The Balaban J connectivity index is 2.65. The van der Waals surface area contributed by atoms with Gasteiger partial charge in [0.15, 0.2) is 0 Å². The minimum atomic E-state index is -0.868. The highest BCUT2D eigenvalue weighted by atomic mass is 16.5. The summed E-state index contributed by atoms with van der Waals surface area (Å²) >= 11 is 0. The lowest BCUT2D eigenvalue weighted by atomic mass is 9.65. The molecule has 1 saturated carbocycles. The second-order valence-corrected chi connectivity index (χ2v) is 6.06. The number of ether oxygens (including phenoxy) is 1. The van der Waals surface area contributed by atoms with Gasteiger partial charge in [-0.15, -0.1) is 0 Å². The molecule has 0 aromatic heterocycles. The van der Waals surface area contributed by atoms with Gasteiger partial charge in [0.05, 0.1) is 18.6 Å². The molecule has 0 heterocycles. The maximum atomic E-state index is 11.5. The van der Waals surface area contributed by atoms with E-state index in [1.807, 2.05) is 0 Å². The zero-order valence-corrected chi connectivity index (χ0v) is 10.9. The lowest BCUT2D eigenvalue weighted by Gasteiger charge is -2.44. The molecule has 1 aliphatic rings. The van der Waals surface area contributed by atoms with E-state index in [0.717, 1.165) is 6.42 Å². The van der Waals surface area contributed by atoms with Crippen molar-refractivity contribution in [3.63, 3.8) is 0 Å². The zero-order valence-electron chi connectivity index (χ0n) is 10.9. The maximum Gasteiger partial charge on any atom is 0.308 e. The molecular weight excluding hydrogens is 204 g/mol. The fourth-order valence-corrected chi connectivity index (χ4v) is 3.31. The fraction of sp³-hybridized carbons (Fsp3) is 0.923. The van der Waals surface area contributed by atoms with Gasteiger partial charge in [0.1, 0.15) is 0 Å². The van der Waals surface area contributed by atoms with Crippen molar-refractivity contribution in [1.29, 1.82) is 0 Å². The van der Waals surface area contributed by atoms with Crippen molar-refractivity contribution in [2.24, 2.45) is 11.3 Å². The molecule has 2 atom stereocenters. The van der Waals surface area contributed by atoms with Crippen molar-refractivity contribution < 1.29 is 14.6 Å². The molecule has 1 fully saturated rings. The first-order chi connectivity index (χ1) is 7.26. The van der Waals surface area contributed by atoms with E-state index in [1.165, 1.54) is 0 Å². The van der Waals surface area contributed by atoms with E-state index in [4.69, 9.17) is 4.74 Å². The molecule has 0 spiro atoms. The average molecular weight is 228 g/mol. The standard InChI is InChI=1S/C13H24O3/c1-5-16-11(14)8-13(15)7-10(2)6-12(3,4)9-13/h10,15H,5-9H2,1-4H3. The first-order valence-electron chi connectivity index (χ1n) is 6.14. The number of carbonyl (C=O) groups is 1. The van der Waals surface area contributed by atoms with Crippen molar-refractivity contribution in [2.75, 3.05) is 6.61 Å². The number of hydrogen-bond acceptors (Lipinski definition) is 3. The number of aliphatic hydroxyl groups is 1. The molecule has 3 heteroatoms. The maximum absolute atomic E-state index is 11.5. The lowest BCUT2D eigenvalue weighted by molar-refractivity contribution is -0.153.